The second-order valence-corrected chi connectivity index (χ2v) is 8.52. The zero-order valence-corrected chi connectivity index (χ0v) is 20.7. The molecule has 7 heteroatoms. The van der Waals surface area contributed by atoms with Gasteiger partial charge in [-0.05, 0) is 60.7 Å². The normalized spacial score (nSPS) is 10.9. The Labute approximate surface area is 215 Å². The third kappa shape index (κ3) is 6.91. The van der Waals surface area contributed by atoms with E-state index in [1.54, 1.807) is 19.1 Å². The van der Waals surface area contributed by atoms with Gasteiger partial charge in [-0.2, -0.15) is 5.10 Å². The van der Waals surface area contributed by atoms with Crippen LogP contribution in [0.2, 0.25) is 0 Å². The quantitative estimate of drug-likeness (QED) is 0.267. The molecule has 4 rings (SSSR count). The summed E-state index contributed by atoms with van der Waals surface area (Å²) in [5.41, 5.74) is 3.14. The van der Waals surface area contributed by atoms with Crippen LogP contribution in [-0.2, 0) is 22.5 Å². The van der Waals surface area contributed by atoms with Gasteiger partial charge in [0.05, 0.1) is 18.2 Å². The van der Waals surface area contributed by atoms with E-state index in [1.165, 1.54) is 22.9 Å². The number of ether oxygens (including phenoxy) is 2. The second-order valence-electron chi connectivity index (χ2n) is 8.52. The number of hydrogen-bond acceptors (Lipinski definition) is 5. The number of rotatable bonds is 11. The summed E-state index contributed by atoms with van der Waals surface area (Å²) in [5.74, 6) is -0.594. The standard InChI is InChI=1S/C30H29FN2O4/c1-2-36-29(35)21-37-25-15-16-26(31)24(20-25)14-9-19-33-28(34)18-17-27(32-33)30(22-10-5-3-6-11-22)23-12-7-4-8-13-23/h3-8,10-13,15-18,20,30H,2,9,14,19,21H2,1H3. The molecule has 0 atom stereocenters. The lowest BCUT2D eigenvalue weighted by Gasteiger charge is -2.18. The monoisotopic (exact) mass is 500 g/mol. The average molecular weight is 501 g/mol. The Morgan fingerprint density at radius 2 is 1.62 bits per heavy atom. The number of aromatic nitrogens is 2. The summed E-state index contributed by atoms with van der Waals surface area (Å²) in [5, 5.41) is 4.70. The first-order valence-corrected chi connectivity index (χ1v) is 12.3. The number of carbonyl (C=O) groups is 1. The van der Waals surface area contributed by atoms with Gasteiger partial charge in [0.25, 0.3) is 5.56 Å². The van der Waals surface area contributed by atoms with Crippen LogP contribution in [0.15, 0.2) is 95.8 Å². The lowest BCUT2D eigenvalue weighted by Crippen LogP contribution is -2.24. The number of hydrogen-bond donors (Lipinski definition) is 0. The van der Waals surface area contributed by atoms with Crippen LogP contribution in [0, 0.1) is 5.82 Å². The Bertz CT molecular complexity index is 1330. The highest BCUT2D eigenvalue weighted by atomic mass is 19.1. The van der Waals surface area contributed by atoms with Crippen molar-refractivity contribution in [2.24, 2.45) is 0 Å². The van der Waals surface area contributed by atoms with Gasteiger partial charge in [0.15, 0.2) is 6.61 Å². The van der Waals surface area contributed by atoms with Crippen molar-refractivity contribution in [2.75, 3.05) is 13.2 Å². The Morgan fingerprint density at radius 1 is 0.946 bits per heavy atom. The van der Waals surface area contributed by atoms with E-state index in [9.17, 15) is 14.0 Å². The summed E-state index contributed by atoms with van der Waals surface area (Å²) in [6.45, 7) is 2.07. The van der Waals surface area contributed by atoms with Crippen molar-refractivity contribution in [1.29, 1.82) is 0 Å². The van der Waals surface area contributed by atoms with E-state index < -0.39 is 5.97 Å². The molecule has 37 heavy (non-hydrogen) atoms. The summed E-state index contributed by atoms with van der Waals surface area (Å²) in [4.78, 5) is 24.1. The predicted octanol–water partition coefficient (Wildman–Crippen LogP) is 5.14. The molecule has 4 aromatic rings. The van der Waals surface area contributed by atoms with Crippen molar-refractivity contribution in [2.45, 2.75) is 32.2 Å². The summed E-state index contributed by atoms with van der Waals surface area (Å²) >= 11 is 0. The van der Waals surface area contributed by atoms with Gasteiger partial charge in [-0.15, -0.1) is 0 Å². The maximum Gasteiger partial charge on any atom is 0.344 e. The van der Waals surface area contributed by atoms with Gasteiger partial charge in [0.1, 0.15) is 11.6 Å². The van der Waals surface area contributed by atoms with Gasteiger partial charge in [0.2, 0.25) is 0 Å². The van der Waals surface area contributed by atoms with Gasteiger partial charge in [-0.25, -0.2) is 13.9 Å². The fourth-order valence-corrected chi connectivity index (χ4v) is 4.20. The van der Waals surface area contributed by atoms with E-state index in [0.717, 1.165) is 16.8 Å². The lowest BCUT2D eigenvalue weighted by atomic mass is 9.88. The Morgan fingerprint density at radius 3 is 2.27 bits per heavy atom. The highest BCUT2D eigenvalue weighted by molar-refractivity contribution is 5.71. The molecule has 1 aromatic heterocycles. The van der Waals surface area contributed by atoms with Crippen molar-refractivity contribution in [3.63, 3.8) is 0 Å². The molecule has 3 aromatic carbocycles. The smallest absolute Gasteiger partial charge is 0.344 e. The molecule has 6 nitrogen and oxygen atoms in total. The lowest BCUT2D eigenvalue weighted by molar-refractivity contribution is -0.145. The van der Waals surface area contributed by atoms with Crippen LogP contribution in [0.4, 0.5) is 4.39 Å². The average Bonchev–Trinajstić information content (AvgIpc) is 2.92. The first kappa shape index (κ1) is 25.8. The van der Waals surface area contributed by atoms with Gasteiger partial charge in [-0.1, -0.05) is 60.7 Å². The molecule has 190 valence electrons. The van der Waals surface area contributed by atoms with Crippen molar-refractivity contribution in [3.8, 4) is 5.75 Å². The van der Waals surface area contributed by atoms with Crippen LogP contribution in [0.25, 0.3) is 0 Å². The third-order valence-electron chi connectivity index (χ3n) is 5.94. The predicted molar refractivity (Wildman–Crippen MR) is 139 cm³/mol. The van der Waals surface area contributed by atoms with E-state index in [-0.39, 0.29) is 30.5 Å². The number of nitrogens with zero attached hydrogens (tertiary/aromatic N) is 2. The summed E-state index contributed by atoms with van der Waals surface area (Å²) < 4.78 is 26.1. The molecule has 1 heterocycles. The van der Waals surface area contributed by atoms with Crippen LogP contribution >= 0.6 is 0 Å². The fourth-order valence-electron chi connectivity index (χ4n) is 4.20. The number of benzene rings is 3. The van der Waals surface area contributed by atoms with Crippen LogP contribution in [-0.4, -0.2) is 29.0 Å². The largest absolute Gasteiger partial charge is 0.482 e. The highest BCUT2D eigenvalue weighted by Crippen LogP contribution is 2.30. The topological polar surface area (TPSA) is 70.4 Å². The zero-order valence-electron chi connectivity index (χ0n) is 20.7. The molecule has 0 aliphatic heterocycles. The SMILES string of the molecule is CCOC(=O)COc1ccc(F)c(CCCn2nc(C(c3ccccc3)c3ccccc3)ccc2=O)c1. The molecule has 0 bridgehead atoms. The molecule has 0 amide bonds. The second kappa shape index (κ2) is 12.6. The van der Waals surface area contributed by atoms with Crippen molar-refractivity contribution >= 4 is 5.97 Å². The van der Waals surface area contributed by atoms with E-state index in [0.29, 0.717) is 30.7 Å². The maximum atomic E-state index is 14.4. The molecule has 0 radical (unpaired) electrons. The van der Waals surface area contributed by atoms with Gasteiger partial charge in [0, 0.05) is 12.6 Å². The van der Waals surface area contributed by atoms with Crippen LogP contribution in [0.1, 0.15) is 41.6 Å². The molecule has 0 aliphatic rings. The summed E-state index contributed by atoms with van der Waals surface area (Å²) in [6.07, 6.45) is 0.873. The Kier molecular flexibility index (Phi) is 8.81. The molecule has 0 aliphatic carbocycles. The molecular formula is C30H29FN2O4. The molecule has 0 saturated carbocycles. The number of carbonyl (C=O) groups excluding carboxylic acids is 1. The van der Waals surface area contributed by atoms with Crippen molar-refractivity contribution in [1.82, 2.24) is 9.78 Å². The molecule has 0 N–H and O–H groups in total. The maximum absolute atomic E-state index is 14.4. The van der Waals surface area contributed by atoms with Gasteiger partial charge >= 0.3 is 5.97 Å². The minimum absolute atomic E-state index is 0.125. The minimum Gasteiger partial charge on any atom is -0.482 e. The van der Waals surface area contributed by atoms with Gasteiger partial charge in [-0.3, -0.25) is 4.79 Å². The molecule has 0 unspecified atom stereocenters. The first-order valence-electron chi connectivity index (χ1n) is 12.3. The number of halogens is 1. The number of aryl methyl sites for hydroxylation is 2. The zero-order chi connectivity index (χ0) is 26.0. The number of esters is 1. The third-order valence-corrected chi connectivity index (χ3v) is 5.94. The van der Waals surface area contributed by atoms with E-state index in [1.807, 2.05) is 36.4 Å². The first-order chi connectivity index (χ1) is 18.0. The summed E-state index contributed by atoms with van der Waals surface area (Å²) in [7, 11) is 0. The van der Waals surface area contributed by atoms with Crippen LogP contribution in [0.5, 0.6) is 5.75 Å². The van der Waals surface area contributed by atoms with E-state index in [4.69, 9.17) is 14.6 Å². The molecular weight excluding hydrogens is 471 g/mol. The highest BCUT2D eigenvalue weighted by Gasteiger charge is 2.19. The molecule has 0 fully saturated rings. The Hall–Kier alpha value is -4.26. The van der Waals surface area contributed by atoms with E-state index in [2.05, 4.69) is 24.3 Å². The van der Waals surface area contributed by atoms with Gasteiger partial charge < -0.3 is 9.47 Å². The van der Waals surface area contributed by atoms with Crippen LogP contribution < -0.4 is 10.3 Å². The fraction of sp³-hybridized carbons (Fsp3) is 0.233. The van der Waals surface area contributed by atoms with Crippen molar-refractivity contribution < 1.29 is 18.7 Å². The molecule has 0 spiro atoms. The van der Waals surface area contributed by atoms with Crippen LogP contribution in [0.3, 0.4) is 0 Å². The molecule has 0 saturated heterocycles. The minimum atomic E-state index is -0.483. The van der Waals surface area contributed by atoms with Crippen molar-refractivity contribution in [3.05, 3.63) is 130 Å². The van der Waals surface area contributed by atoms with E-state index >= 15 is 0 Å². The Balaban J connectivity index is 1.49. The summed E-state index contributed by atoms with van der Waals surface area (Å²) in [6, 6.07) is 27.7.